The largest absolute Gasteiger partial charge is 0.502 e. The van der Waals surface area contributed by atoms with Gasteiger partial charge in [0.05, 0.1) is 21.6 Å². The maximum absolute atomic E-state index is 11.6. The van der Waals surface area contributed by atoms with Crippen LogP contribution in [0.25, 0.3) is 0 Å². The van der Waals surface area contributed by atoms with Crippen molar-refractivity contribution in [2.24, 2.45) is 5.92 Å². The number of esters is 1. The Morgan fingerprint density at radius 2 is 2.04 bits per heavy atom. The summed E-state index contributed by atoms with van der Waals surface area (Å²) < 4.78 is 17.5. The summed E-state index contributed by atoms with van der Waals surface area (Å²) >= 11 is 0. The molecule has 1 unspecified atom stereocenters. The summed E-state index contributed by atoms with van der Waals surface area (Å²) in [5, 5.41) is 11.6. The Kier molecular flexibility index (Phi) is 4.83. The first kappa shape index (κ1) is 18.9. The van der Waals surface area contributed by atoms with E-state index in [2.05, 4.69) is 0 Å². The fourth-order valence-corrected chi connectivity index (χ4v) is 3.42. The number of benzene rings is 1. The molecule has 3 rings (SSSR count). The highest BCUT2D eigenvalue weighted by Gasteiger charge is 2.57. The quantitative estimate of drug-likeness (QED) is 0.335. The Bertz CT molecular complexity index is 732. The molecule has 0 aromatic heterocycles. The molecule has 0 N–H and O–H groups in total. The number of nitro groups is 1. The molecule has 1 saturated carbocycles. The molecule has 1 saturated heterocycles. The summed E-state index contributed by atoms with van der Waals surface area (Å²) in [5.74, 6) is 0.169. The van der Waals surface area contributed by atoms with E-state index in [-0.39, 0.29) is 12.3 Å². The van der Waals surface area contributed by atoms with Crippen LogP contribution in [0, 0.1) is 16.0 Å². The van der Waals surface area contributed by atoms with Crippen LogP contribution in [0.2, 0.25) is 0 Å². The Labute approximate surface area is 153 Å². The predicted molar refractivity (Wildman–Crippen MR) is 95.9 cm³/mol. The van der Waals surface area contributed by atoms with Gasteiger partial charge in [0.25, 0.3) is 5.69 Å². The number of nitrogens with zero attached hydrogens (tertiary/aromatic N) is 1. The fraction of sp³-hybridized carbons (Fsp3) is 0.611. The van der Waals surface area contributed by atoms with E-state index in [0.29, 0.717) is 16.9 Å². The average Bonchev–Trinajstić information content (AvgIpc) is 3.30. The molecule has 1 aliphatic heterocycles. The van der Waals surface area contributed by atoms with Crippen molar-refractivity contribution in [1.29, 1.82) is 0 Å². The summed E-state index contributed by atoms with van der Waals surface area (Å²) in [4.78, 5) is 22.3. The lowest BCUT2D eigenvalue weighted by Gasteiger charge is -2.36. The molecule has 8 heteroatoms. The average molecular weight is 361 g/mol. The standard InChI is InChI=1S/C18H24BNO6/c1-12(21)24-11-14-6-5-7-15(20(22)23)16(14)19-25-17(2,3)18(4,26-19)10-13-8-9-13/h5-7,13H,8-11H2,1-4H3. The Balaban J connectivity index is 1.96. The van der Waals surface area contributed by atoms with Crippen LogP contribution in [0.4, 0.5) is 5.69 Å². The number of hydrogen-bond acceptors (Lipinski definition) is 6. The maximum atomic E-state index is 11.6. The molecule has 0 amide bonds. The van der Waals surface area contributed by atoms with Gasteiger partial charge in [0, 0.05) is 13.0 Å². The first-order valence-electron chi connectivity index (χ1n) is 8.88. The number of hydrogen-bond donors (Lipinski definition) is 0. The molecule has 1 aliphatic carbocycles. The van der Waals surface area contributed by atoms with Gasteiger partial charge in [-0.15, -0.1) is 0 Å². The number of carbonyl (C=O) groups excluding carboxylic acids is 1. The van der Waals surface area contributed by atoms with Crippen molar-refractivity contribution < 1.29 is 23.8 Å². The van der Waals surface area contributed by atoms with Crippen LogP contribution >= 0.6 is 0 Å². The van der Waals surface area contributed by atoms with Gasteiger partial charge in [-0.05, 0) is 38.7 Å². The lowest BCUT2D eigenvalue weighted by Crippen LogP contribution is -2.45. The summed E-state index contributed by atoms with van der Waals surface area (Å²) in [6.45, 7) is 7.16. The number of nitro benzene ring substituents is 1. The van der Waals surface area contributed by atoms with Gasteiger partial charge in [-0.3, -0.25) is 14.9 Å². The van der Waals surface area contributed by atoms with Crippen LogP contribution in [0.3, 0.4) is 0 Å². The van der Waals surface area contributed by atoms with Gasteiger partial charge in [0.2, 0.25) is 0 Å². The number of rotatable bonds is 6. The summed E-state index contributed by atoms with van der Waals surface area (Å²) in [6, 6.07) is 4.69. The van der Waals surface area contributed by atoms with Crippen molar-refractivity contribution in [3.05, 3.63) is 33.9 Å². The molecule has 0 radical (unpaired) electrons. The highest BCUT2D eigenvalue weighted by molar-refractivity contribution is 6.64. The second-order valence-electron chi connectivity index (χ2n) is 7.84. The van der Waals surface area contributed by atoms with Gasteiger partial charge < -0.3 is 14.0 Å². The Morgan fingerprint density at radius 3 is 2.62 bits per heavy atom. The molecular formula is C18H24BNO6. The van der Waals surface area contributed by atoms with E-state index in [0.717, 1.165) is 6.42 Å². The molecule has 1 aromatic carbocycles. The van der Waals surface area contributed by atoms with E-state index in [1.54, 1.807) is 12.1 Å². The van der Waals surface area contributed by atoms with E-state index in [1.165, 1.54) is 25.8 Å². The van der Waals surface area contributed by atoms with E-state index >= 15 is 0 Å². The molecule has 140 valence electrons. The molecule has 1 aromatic rings. The van der Waals surface area contributed by atoms with Gasteiger partial charge in [-0.1, -0.05) is 25.0 Å². The van der Waals surface area contributed by atoms with Gasteiger partial charge in [0.15, 0.2) is 0 Å². The minimum absolute atomic E-state index is 0.0602. The lowest BCUT2D eigenvalue weighted by atomic mass is 9.74. The third-order valence-corrected chi connectivity index (χ3v) is 5.45. The number of carbonyl (C=O) groups is 1. The molecule has 0 bridgehead atoms. The van der Waals surface area contributed by atoms with Crippen molar-refractivity contribution in [2.45, 2.75) is 64.8 Å². The monoisotopic (exact) mass is 361 g/mol. The normalized spacial score (nSPS) is 24.5. The van der Waals surface area contributed by atoms with Gasteiger partial charge in [-0.2, -0.15) is 0 Å². The van der Waals surface area contributed by atoms with E-state index < -0.39 is 29.2 Å². The van der Waals surface area contributed by atoms with E-state index in [1.807, 2.05) is 20.8 Å². The fourth-order valence-electron chi connectivity index (χ4n) is 3.42. The zero-order chi connectivity index (χ0) is 19.1. The summed E-state index contributed by atoms with van der Waals surface area (Å²) in [6.07, 6.45) is 3.22. The van der Waals surface area contributed by atoms with Gasteiger partial charge in [0.1, 0.15) is 6.61 Å². The third kappa shape index (κ3) is 3.62. The molecule has 2 fully saturated rings. The van der Waals surface area contributed by atoms with Crippen molar-refractivity contribution in [2.75, 3.05) is 0 Å². The van der Waals surface area contributed by atoms with Crippen molar-refractivity contribution in [3.8, 4) is 0 Å². The zero-order valence-electron chi connectivity index (χ0n) is 15.6. The van der Waals surface area contributed by atoms with Gasteiger partial charge in [-0.25, -0.2) is 0 Å². The van der Waals surface area contributed by atoms with Crippen molar-refractivity contribution >= 4 is 24.2 Å². The van der Waals surface area contributed by atoms with Crippen LogP contribution in [0.5, 0.6) is 0 Å². The molecule has 26 heavy (non-hydrogen) atoms. The first-order valence-corrected chi connectivity index (χ1v) is 8.88. The molecule has 7 nitrogen and oxygen atoms in total. The van der Waals surface area contributed by atoms with Gasteiger partial charge >= 0.3 is 13.1 Å². The third-order valence-electron chi connectivity index (χ3n) is 5.45. The first-order chi connectivity index (χ1) is 12.1. The highest BCUT2D eigenvalue weighted by Crippen LogP contribution is 2.47. The van der Waals surface area contributed by atoms with Crippen molar-refractivity contribution in [1.82, 2.24) is 0 Å². The second-order valence-corrected chi connectivity index (χ2v) is 7.84. The van der Waals surface area contributed by atoms with Crippen molar-refractivity contribution in [3.63, 3.8) is 0 Å². The minimum atomic E-state index is -0.874. The van der Waals surface area contributed by atoms with Crippen LogP contribution in [0.15, 0.2) is 18.2 Å². The van der Waals surface area contributed by atoms with Crippen LogP contribution in [-0.2, 0) is 25.4 Å². The van der Waals surface area contributed by atoms with E-state index in [9.17, 15) is 14.9 Å². The zero-order valence-corrected chi connectivity index (χ0v) is 15.6. The lowest BCUT2D eigenvalue weighted by molar-refractivity contribution is -0.383. The SMILES string of the molecule is CC(=O)OCc1cccc([N+](=O)[O-])c1B1OC(C)(C)C(C)(CC2CC2)O1. The number of ether oxygens (including phenoxy) is 1. The topological polar surface area (TPSA) is 87.9 Å². The Hall–Kier alpha value is -1.93. The molecule has 1 heterocycles. The Morgan fingerprint density at radius 1 is 1.35 bits per heavy atom. The second kappa shape index (κ2) is 6.66. The van der Waals surface area contributed by atoms with Crippen LogP contribution < -0.4 is 5.46 Å². The predicted octanol–water partition coefficient (Wildman–Crippen LogP) is 2.74. The molecular weight excluding hydrogens is 337 g/mol. The molecule has 1 atom stereocenters. The van der Waals surface area contributed by atoms with Crippen LogP contribution in [0.1, 0.15) is 52.5 Å². The molecule has 2 aliphatic rings. The van der Waals surface area contributed by atoms with Crippen LogP contribution in [-0.4, -0.2) is 29.2 Å². The molecule has 0 spiro atoms. The summed E-state index contributed by atoms with van der Waals surface area (Å²) in [5.41, 5.74) is -0.382. The van der Waals surface area contributed by atoms with E-state index in [4.69, 9.17) is 14.0 Å². The summed E-state index contributed by atoms with van der Waals surface area (Å²) in [7, 11) is -0.874. The smallest absolute Gasteiger partial charge is 0.461 e. The highest BCUT2D eigenvalue weighted by atomic mass is 16.7. The minimum Gasteiger partial charge on any atom is -0.461 e. The maximum Gasteiger partial charge on any atom is 0.502 e.